The number of amides is 2. The molecule has 45 heavy (non-hydrogen) atoms. The third kappa shape index (κ3) is 19.9. The number of pyridine rings is 1. The quantitative estimate of drug-likeness (QED) is 0.0653. The van der Waals surface area contributed by atoms with Crippen LogP contribution >= 0.6 is 0 Å². The second kappa shape index (κ2) is 27.8. The summed E-state index contributed by atoms with van der Waals surface area (Å²) in [4.78, 5) is 25.8. The zero-order valence-electron chi connectivity index (χ0n) is 29.0. The lowest BCUT2D eigenvalue weighted by atomic mass is 10.0. The van der Waals surface area contributed by atoms with Gasteiger partial charge in [0.1, 0.15) is 13.1 Å². The number of aromatic nitrogens is 1. The number of aryl methyl sites for hydroxylation is 1. The van der Waals surface area contributed by atoms with Gasteiger partial charge in [-0.2, -0.15) is 0 Å². The van der Waals surface area contributed by atoms with E-state index in [1.165, 1.54) is 108 Å². The Morgan fingerprint density at radius 3 is 2.00 bits per heavy atom. The molecule has 260 valence electrons. The van der Waals surface area contributed by atoms with Crippen molar-refractivity contribution < 1.29 is 52.3 Å². The van der Waals surface area contributed by atoms with Crippen LogP contribution in [-0.4, -0.2) is 48.9 Å². The lowest BCUT2D eigenvalue weighted by Crippen LogP contribution is -3.00. The van der Waals surface area contributed by atoms with E-state index in [0.717, 1.165) is 50.9 Å². The highest BCUT2D eigenvalue weighted by Gasteiger charge is 2.25. The summed E-state index contributed by atoms with van der Waals surface area (Å²) in [6.45, 7) is 8.47. The lowest BCUT2D eigenvalue weighted by Gasteiger charge is -2.17. The molecule has 1 aromatic heterocycles. The van der Waals surface area contributed by atoms with E-state index in [-0.39, 0.29) is 42.5 Å². The number of hydrogen-bond donors (Lipinski definition) is 0. The third-order valence-corrected chi connectivity index (χ3v) is 8.83. The van der Waals surface area contributed by atoms with Crippen molar-refractivity contribution in [1.29, 1.82) is 0 Å². The van der Waals surface area contributed by atoms with Crippen molar-refractivity contribution in [3.63, 3.8) is 0 Å². The van der Waals surface area contributed by atoms with E-state index in [2.05, 4.69) is 6.92 Å². The summed E-state index contributed by atoms with van der Waals surface area (Å²) >= 11 is 0. The molecular weight excluding hydrogens is 679 g/mol. The van der Waals surface area contributed by atoms with E-state index in [0.29, 0.717) is 19.3 Å². The van der Waals surface area contributed by atoms with Crippen LogP contribution in [0.15, 0.2) is 24.4 Å². The van der Waals surface area contributed by atoms with Gasteiger partial charge in [-0.15, -0.1) is 0 Å². The van der Waals surface area contributed by atoms with Crippen LogP contribution in [-0.2, 0) is 32.1 Å². The van der Waals surface area contributed by atoms with Crippen molar-refractivity contribution in [1.82, 2.24) is 4.90 Å². The van der Waals surface area contributed by atoms with Crippen molar-refractivity contribution in [2.75, 3.05) is 19.8 Å². The molecule has 2 atom stereocenters. The van der Waals surface area contributed by atoms with Gasteiger partial charge in [-0.3, -0.25) is 4.79 Å². The number of carbonyl (C=O) groups excluding carboxylic acids is 2. The van der Waals surface area contributed by atoms with Gasteiger partial charge in [0.15, 0.2) is 6.20 Å². The number of hydrogen-bond acceptors (Lipinski definition) is 5. The molecule has 2 heterocycles. The normalized spacial score (nSPS) is 16.0. The molecule has 0 saturated carbocycles. The smallest absolute Gasteiger partial charge is 0.417 e. The van der Waals surface area contributed by atoms with Gasteiger partial charge >= 0.3 is 6.09 Å². The summed E-state index contributed by atoms with van der Waals surface area (Å²) in [5.41, 5.74) is 0.899. The first kappa shape index (κ1) is 41.8. The van der Waals surface area contributed by atoms with Crippen molar-refractivity contribution in [2.24, 2.45) is 0 Å². The number of nitrogens with zero attached hydrogens (tertiary/aromatic N) is 2. The van der Waals surface area contributed by atoms with E-state index in [4.69, 9.17) is 14.2 Å². The largest absolute Gasteiger partial charge is 1.00 e. The number of unbranched alkanes of at least 4 members (excludes halogenated alkanes) is 15. The highest BCUT2D eigenvalue weighted by molar-refractivity contribution is 5.90. The van der Waals surface area contributed by atoms with Gasteiger partial charge in [0.05, 0.1) is 25.4 Å². The minimum Gasteiger partial charge on any atom is -1.00 e. The molecule has 1 aromatic rings. The Balaban J connectivity index is 0.0000101. The third-order valence-electron chi connectivity index (χ3n) is 8.83. The fraction of sp³-hybridized carbons (Fsp3) is 0.811. The average Bonchev–Trinajstić information content (AvgIpc) is 3.48. The van der Waals surface area contributed by atoms with Crippen LogP contribution in [0.1, 0.15) is 155 Å². The molecule has 0 radical (unpaired) electrons. The first-order valence-electron chi connectivity index (χ1n) is 18.2. The molecule has 2 amide bonds. The van der Waals surface area contributed by atoms with Crippen LogP contribution in [0.3, 0.4) is 0 Å². The topological polar surface area (TPSA) is 69.0 Å². The van der Waals surface area contributed by atoms with Crippen LogP contribution in [0, 0.1) is 0 Å². The fourth-order valence-electron chi connectivity index (χ4n) is 6.05. The molecule has 0 spiro atoms. The molecule has 2 rings (SSSR count). The summed E-state index contributed by atoms with van der Waals surface area (Å²) in [5, 5.41) is 0. The van der Waals surface area contributed by atoms with Crippen molar-refractivity contribution in [3.05, 3.63) is 30.1 Å². The van der Waals surface area contributed by atoms with Gasteiger partial charge < -0.3 is 38.2 Å². The summed E-state index contributed by atoms with van der Waals surface area (Å²) in [5.74, 6) is -0.309. The maximum Gasteiger partial charge on any atom is 0.417 e. The number of ether oxygens (including phenoxy) is 3. The molecule has 2 unspecified atom stereocenters. The predicted molar refractivity (Wildman–Crippen MR) is 177 cm³/mol. The highest BCUT2D eigenvalue weighted by atomic mass is 127. The zero-order chi connectivity index (χ0) is 31.7. The Morgan fingerprint density at radius 2 is 1.38 bits per heavy atom. The molecule has 1 aliphatic heterocycles. The molecule has 0 aromatic carbocycles. The Hall–Kier alpha value is -1.26. The second-order valence-corrected chi connectivity index (χ2v) is 12.7. The number of carbonyl (C=O) groups is 2. The Morgan fingerprint density at radius 1 is 0.800 bits per heavy atom. The maximum absolute atomic E-state index is 12.5. The fourth-order valence-corrected chi connectivity index (χ4v) is 6.05. The van der Waals surface area contributed by atoms with Crippen molar-refractivity contribution in [3.8, 4) is 0 Å². The van der Waals surface area contributed by atoms with Gasteiger partial charge in [-0.1, -0.05) is 103 Å². The lowest BCUT2D eigenvalue weighted by molar-refractivity contribution is -0.701. The van der Waals surface area contributed by atoms with Gasteiger partial charge in [-0.05, 0) is 45.4 Å². The second-order valence-electron chi connectivity index (χ2n) is 12.7. The summed E-state index contributed by atoms with van der Waals surface area (Å²) in [6, 6.07) is 5.77. The Bertz CT molecular complexity index is 886. The van der Waals surface area contributed by atoms with Gasteiger partial charge in [0.25, 0.3) is 0 Å². The Kier molecular flexibility index (Phi) is 25.8. The monoisotopic (exact) mass is 744 g/mol. The molecular formula is C37H65IN2O5. The van der Waals surface area contributed by atoms with E-state index in [1.807, 2.05) is 35.9 Å². The minimum atomic E-state index is -0.573. The first-order chi connectivity index (χ1) is 21.5. The van der Waals surface area contributed by atoms with Crippen LogP contribution in [0.2, 0.25) is 0 Å². The standard InChI is InChI=1S/C37H65N2O5.HI/c1-4-6-7-8-9-10-11-12-13-14-15-16-19-25-35-26-27-36(44-35)32-42-29-22-17-18-23-30-43-37(41)39(33(3)40)31-34-24-20-21-28-38(34)5-2;/h20-21,24,28,35-36H,4-19,22-23,25-27,29-32H2,1-3H3;1H/q+1;/p-1. The molecule has 0 aliphatic carbocycles. The summed E-state index contributed by atoms with van der Waals surface area (Å²) in [6.07, 6.45) is 27.5. The number of halogens is 1. The molecule has 0 N–H and O–H groups in total. The van der Waals surface area contributed by atoms with Crippen LogP contribution < -0.4 is 28.5 Å². The van der Waals surface area contributed by atoms with E-state index < -0.39 is 6.09 Å². The van der Waals surface area contributed by atoms with E-state index in [1.54, 1.807) is 0 Å². The molecule has 0 bridgehead atoms. The molecule has 1 aliphatic rings. The summed E-state index contributed by atoms with van der Waals surface area (Å²) in [7, 11) is 0. The number of imide groups is 1. The van der Waals surface area contributed by atoms with Crippen LogP contribution in [0.5, 0.6) is 0 Å². The number of rotatable bonds is 26. The minimum absolute atomic E-state index is 0. The summed E-state index contributed by atoms with van der Waals surface area (Å²) < 4.78 is 19.6. The first-order valence-corrected chi connectivity index (χ1v) is 18.2. The molecule has 1 fully saturated rings. The van der Waals surface area contributed by atoms with Gasteiger partial charge in [0.2, 0.25) is 11.6 Å². The maximum atomic E-state index is 12.5. The van der Waals surface area contributed by atoms with Crippen molar-refractivity contribution in [2.45, 2.75) is 174 Å². The van der Waals surface area contributed by atoms with Gasteiger partial charge in [0, 0.05) is 25.7 Å². The average molecular weight is 745 g/mol. The molecule has 7 nitrogen and oxygen atoms in total. The molecule has 8 heteroatoms. The van der Waals surface area contributed by atoms with Crippen LogP contribution in [0.4, 0.5) is 4.79 Å². The van der Waals surface area contributed by atoms with E-state index >= 15 is 0 Å². The highest BCUT2D eigenvalue weighted by Crippen LogP contribution is 2.24. The molecule has 1 saturated heterocycles. The SMILES string of the molecule is CCCCCCCCCCCCCCCC1CCC(COCCCCCCOC(=O)N(Cc2cccc[n+]2CC)C(C)=O)O1.[I-]. The van der Waals surface area contributed by atoms with Gasteiger partial charge in [-0.25, -0.2) is 14.3 Å². The predicted octanol–water partition coefficient (Wildman–Crippen LogP) is 6.09. The van der Waals surface area contributed by atoms with E-state index in [9.17, 15) is 9.59 Å². The zero-order valence-corrected chi connectivity index (χ0v) is 31.1. The Labute approximate surface area is 292 Å². The van der Waals surface area contributed by atoms with Crippen LogP contribution in [0.25, 0.3) is 0 Å². The van der Waals surface area contributed by atoms with Crippen molar-refractivity contribution >= 4 is 12.0 Å².